The fourth-order valence-corrected chi connectivity index (χ4v) is 2.59. The molecule has 0 saturated carbocycles. The molecule has 0 radical (unpaired) electrons. The predicted molar refractivity (Wildman–Crippen MR) is 89.7 cm³/mol. The van der Waals surface area contributed by atoms with Gasteiger partial charge in [-0.25, -0.2) is 4.98 Å². The van der Waals surface area contributed by atoms with Gasteiger partial charge in [-0.15, -0.1) is 0 Å². The predicted octanol–water partition coefficient (Wildman–Crippen LogP) is 2.72. The third kappa shape index (κ3) is 4.28. The number of hydrogen-bond donors (Lipinski definition) is 2. The molecule has 2 aromatic rings. The Kier molecular flexibility index (Phi) is 5.90. The highest BCUT2D eigenvalue weighted by Crippen LogP contribution is 2.20. The number of rotatable bonds is 2. The highest BCUT2D eigenvalue weighted by Gasteiger charge is 2.14. The third-order valence-electron chi connectivity index (χ3n) is 3.95. The maximum absolute atomic E-state index is 9.36. The molecule has 1 heterocycles. The minimum Gasteiger partial charge on any atom is -0.393 e. The quantitative estimate of drug-likeness (QED) is 0.894. The largest absolute Gasteiger partial charge is 0.393 e. The Bertz CT molecular complexity index is 613. The Morgan fingerprint density at radius 2 is 1.91 bits per heavy atom. The number of nitrogens with two attached hydrogens (primary N) is 1. The lowest BCUT2D eigenvalue weighted by atomic mass is 9.90. The van der Waals surface area contributed by atoms with Gasteiger partial charge < -0.3 is 10.8 Å². The zero-order valence-corrected chi connectivity index (χ0v) is 13.4. The Morgan fingerprint density at radius 1 is 1.18 bits per heavy atom. The summed E-state index contributed by atoms with van der Waals surface area (Å²) in [4.78, 5) is 8.36. The van der Waals surface area contributed by atoms with Crippen LogP contribution in [0.25, 0.3) is 0 Å². The number of aliphatic hydroxyl groups excluding tert-OH is 1. The second-order valence-electron chi connectivity index (χ2n) is 5.57. The summed E-state index contributed by atoms with van der Waals surface area (Å²) in [6, 6.07) is 8.37. The highest BCUT2D eigenvalue weighted by molar-refractivity contribution is 5.34. The van der Waals surface area contributed by atoms with E-state index in [4.69, 9.17) is 5.73 Å². The molecule has 0 fully saturated rings. The van der Waals surface area contributed by atoms with E-state index < -0.39 is 0 Å². The molecular weight excluding hydrogens is 274 g/mol. The number of aromatic nitrogens is 2. The van der Waals surface area contributed by atoms with Crippen molar-refractivity contribution in [1.82, 2.24) is 9.97 Å². The van der Waals surface area contributed by atoms with E-state index in [0.29, 0.717) is 5.82 Å². The van der Waals surface area contributed by atoms with Gasteiger partial charge in [0, 0.05) is 6.20 Å². The van der Waals surface area contributed by atoms with E-state index in [1.807, 2.05) is 19.9 Å². The van der Waals surface area contributed by atoms with Gasteiger partial charge in [0.25, 0.3) is 0 Å². The van der Waals surface area contributed by atoms with Crippen molar-refractivity contribution in [3.63, 3.8) is 0 Å². The maximum Gasteiger partial charge on any atom is 0.145 e. The lowest BCUT2D eigenvalue weighted by Crippen LogP contribution is -2.18. The fourth-order valence-electron chi connectivity index (χ4n) is 2.59. The Labute approximate surface area is 132 Å². The molecule has 1 aromatic carbocycles. The summed E-state index contributed by atoms with van der Waals surface area (Å²) < 4.78 is 0. The summed E-state index contributed by atoms with van der Waals surface area (Å²) in [6.45, 7) is 4.06. The molecule has 1 aliphatic rings. The smallest absolute Gasteiger partial charge is 0.145 e. The number of aliphatic hydroxyl groups is 1. The van der Waals surface area contributed by atoms with Crippen molar-refractivity contribution in [2.75, 3.05) is 5.73 Å². The molecule has 1 aromatic heterocycles. The molecule has 0 aliphatic heterocycles. The van der Waals surface area contributed by atoms with Gasteiger partial charge in [-0.05, 0) is 43.2 Å². The van der Waals surface area contributed by atoms with Crippen LogP contribution in [0, 0.1) is 0 Å². The zero-order chi connectivity index (χ0) is 15.9. The first-order valence-electron chi connectivity index (χ1n) is 7.99. The minimum absolute atomic E-state index is 0.107. The number of hydrogen-bond acceptors (Lipinski definition) is 4. The summed E-state index contributed by atoms with van der Waals surface area (Å²) in [5.41, 5.74) is 10.2. The first-order chi connectivity index (χ1) is 10.6. The number of benzene rings is 1. The number of fused-ring (bicyclic) bond motifs is 1. The topological polar surface area (TPSA) is 72.0 Å². The van der Waals surface area contributed by atoms with E-state index in [1.54, 1.807) is 6.20 Å². The SMILES string of the molecule is CCc1cnc(CC)c(N)n1.OC1CCc2ccccc2C1. The van der Waals surface area contributed by atoms with Crippen LogP contribution in [0.5, 0.6) is 0 Å². The van der Waals surface area contributed by atoms with E-state index in [0.717, 1.165) is 43.5 Å². The van der Waals surface area contributed by atoms with E-state index >= 15 is 0 Å². The standard InChI is InChI=1S/C10H12O.C8H13N3/c11-10-6-5-8-3-1-2-4-9(8)7-10;1-3-6-5-10-7(4-2)8(9)11-6/h1-4,10-11H,5-7H2;5H,3-4H2,1-2H3,(H2,9,11). The molecule has 4 nitrogen and oxygen atoms in total. The Hall–Kier alpha value is -1.94. The van der Waals surface area contributed by atoms with Crippen LogP contribution >= 0.6 is 0 Å². The molecule has 0 saturated heterocycles. The van der Waals surface area contributed by atoms with Crippen LogP contribution in [-0.2, 0) is 25.7 Å². The molecule has 3 rings (SSSR count). The van der Waals surface area contributed by atoms with Crippen LogP contribution < -0.4 is 5.73 Å². The molecule has 22 heavy (non-hydrogen) atoms. The van der Waals surface area contributed by atoms with Crippen molar-refractivity contribution < 1.29 is 5.11 Å². The second kappa shape index (κ2) is 7.90. The molecular formula is C18H25N3O. The Morgan fingerprint density at radius 3 is 2.55 bits per heavy atom. The molecule has 0 bridgehead atoms. The molecule has 1 aliphatic carbocycles. The van der Waals surface area contributed by atoms with E-state index in [-0.39, 0.29) is 6.10 Å². The monoisotopic (exact) mass is 299 g/mol. The van der Waals surface area contributed by atoms with Crippen molar-refractivity contribution in [1.29, 1.82) is 0 Å². The summed E-state index contributed by atoms with van der Waals surface area (Å²) in [7, 11) is 0. The summed E-state index contributed by atoms with van der Waals surface area (Å²) in [5, 5.41) is 9.36. The van der Waals surface area contributed by atoms with Crippen molar-refractivity contribution in [3.05, 3.63) is 53.0 Å². The summed E-state index contributed by atoms with van der Waals surface area (Å²) in [6.07, 6.45) is 6.23. The molecule has 0 spiro atoms. The lowest BCUT2D eigenvalue weighted by Gasteiger charge is -2.19. The van der Waals surface area contributed by atoms with Crippen LogP contribution in [-0.4, -0.2) is 21.2 Å². The average molecular weight is 299 g/mol. The fraction of sp³-hybridized carbons (Fsp3) is 0.444. The maximum atomic E-state index is 9.36. The number of aryl methyl sites for hydroxylation is 3. The van der Waals surface area contributed by atoms with Gasteiger partial charge in [-0.1, -0.05) is 38.1 Å². The lowest BCUT2D eigenvalue weighted by molar-refractivity contribution is 0.158. The van der Waals surface area contributed by atoms with Gasteiger partial charge in [-0.2, -0.15) is 0 Å². The average Bonchev–Trinajstić information content (AvgIpc) is 2.55. The van der Waals surface area contributed by atoms with Gasteiger partial charge >= 0.3 is 0 Å². The van der Waals surface area contributed by atoms with Crippen LogP contribution in [0.2, 0.25) is 0 Å². The zero-order valence-electron chi connectivity index (χ0n) is 13.4. The van der Waals surface area contributed by atoms with Crippen LogP contribution in [0.1, 0.15) is 42.8 Å². The van der Waals surface area contributed by atoms with E-state index in [1.165, 1.54) is 11.1 Å². The third-order valence-corrected chi connectivity index (χ3v) is 3.95. The molecule has 118 valence electrons. The van der Waals surface area contributed by atoms with Gasteiger partial charge in [-0.3, -0.25) is 4.98 Å². The van der Waals surface area contributed by atoms with Gasteiger partial charge in [0.15, 0.2) is 0 Å². The minimum atomic E-state index is -0.107. The first kappa shape index (κ1) is 16.4. The van der Waals surface area contributed by atoms with Gasteiger partial charge in [0.2, 0.25) is 0 Å². The van der Waals surface area contributed by atoms with Crippen LogP contribution in [0.15, 0.2) is 30.5 Å². The normalized spacial score (nSPS) is 16.4. The molecule has 0 amide bonds. The van der Waals surface area contributed by atoms with Crippen LogP contribution in [0.3, 0.4) is 0 Å². The van der Waals surface area contributed by atoms with Gasteiger partial charge in [0.05, 0.1) is 17.5 Å². The molecule has 4 heteroatoms. The number of nitrogens with zero attached hydrogens (tertiary/aromatic N) is 2. The highest BCUT2D eigenvalue weighted by atomic mass is 16.3. The second-order valence-corrected chi connectivity index (χ2v) is 5.57. The molecule has 1 unspecified atom stereocenters. The van der Waals surface area contributed by atoms with Crippen molar-refractivity contribution in [2.24, 2.45) is 0 Å². The van der Waals surface area contributed by atoms with Crippen LogP contribution in [0.4, 0.5) is 5.82 Å². The van der Waals surface area contributed by atoms with E-state index in [9.17, 15) is 5.11 Å². The molecule has 3 N–H and O–H groups in total. The van der Waals surface area contributed by atoms with Crippen molar-refractivity contribution >= 4 is 5.82 Å². The summed E-state index contributed by atoms with van der Waals surface area (Å²) >= 11 is 0. The number of nitrogen functional groups attached to an aromatic ring is 1. The van der Waals surface area contributed by atoms with E-state index in [2.05, 4.69) is 28.2 Å². The number of anilines is 1. The van der Waals surface area contributed by atoms with Gasteiger partial charge in [0.1, 0.15) is 5.82 Å². The molecule has 1 atom stereocenters. The van der Waals surface area contributed by atoms with Crippen molar-refractivity contribution in [2.45, 2.75) is 52.1 Å². The first-order valence-corrected chi connectivity index (χ1v) is 7.99. The summed E-state index contributed by atoms with van der Waals surface area (Å²) in [5.74, 6) is 0.576. The Balaban J connectivity index is 0.000000160. The van der Waals surface area contributed by atoms with Crippen molar-refractivity contribution in [3.8, 4) is 0 Å².